The van der Waals surface area contributed by atoms with Crippen LogP contribution in [0.3, 0.4) is 0 Å². The van der Waals surface area contributed by atoms with Crippen molar-refractivity contribution in [2.24, 2.45) is 5.41 Å². The number of nitrogens with zero attached hydrogens (tertiary/aromatic N) is 1. The number of aliphatic hydroxyl groups is 1. The molecule has 0 bridgehead atoms. The van der Waals surface area contributed by atoms with Gasteiger partial charge in [-0.05, 0) is 86.1 Å². The number of furan rings is 1. The van der Waals surface area contributed by atoms with Gasteiger partial charge in [0.15, 0.2) is 11.6 Å². The first-order valence-corrected chi connectivity index (χ1v) is 20.9. The van der Waals surface area contributed by atoms with Crippen molar-refractivity contribution in [3.05, 3.63) is 94.8 Å². The predicted molar refractivity (Wildman–Crippen MR) is 211 cm³/mol. The Balaban J connectivity index is 1.24. The molecule has 0 aliphatic heterocycles. The van der Waals surface area contributed by atoms with Gasteiger partial charge < -0.3 is 19.6 Å². The van der Waals surface area contributed by atoms with Gasteiger partial charge in [0.25, 0.3) is 5.78 Å². The van der Waals surface area contributed by atoms with E-state index in [0.29, 0.717) is 53.3 Å². The molecule has 3 aromatic carbocycles. The van der Waals surface area contributed by atoms with Crippen LogP contribution in [0.15, 0.2) is 71.2 Å². The van der Waals surface area contributed by atoms with Gasteiger partial charge in [0.1, 0.15) is 22.9 Å². The molecule has 2 fully saturated rings. The van der Waals surface area contributed by atoms with Crippen molar-refractivity contribution in [3.63, 3.8) is 0 Å². The molecule has 0 unspecified atom stereocenters. The molecule has 1 heterocycles. The molecule has 6 rings (SSSR count). The second kappa shape index (κ2) is 16.8. The molecule has 0 saturated heterocycles. The van der Waals surface area contributed by atoms with Gasteiger partial charge >= 0.3 is 5.97 Å². The number of benzene rings is 3. The van der Waals surface area contributed by atoms with Gasteiger partial charge in [-0.3, -0.25) is 23.5 Å². The van der Waals surface area contributed by atoms with Gasteiger partial charge in [0.05, 0.1) is 36.1 Å². The number of aliphatic hydroxyl groups excluding tert-OH is 1. The van der Waals surface area contributed by atoms with Crippen molar-refractivity contribution in [2.75, 3.05) is 23.7 Å². The lowest BCUT2D eigenvalue weighted by Crippen LogP contribution is -2.43. The second-order valence-electron chi connectivity index (χ2n) is 14.7. The SMILES string of the molecule is CCOC(=O)C(=O)C=C(O)c1cccc(CNC(=O)C2(CC(=O)CN(c3cc4oc(-c5ccc(F)cc5)c(C(=O)CC)c4cc3C3CC3)S(C)(=O)=O)CCCC2)c1. The van der Waals surface area contributed by atoms with E-state index < -0.39 is 51.1 Å². The number of sulfonamides is 1. The monoisotopic (exact) mass is 800 g/mol. The topological polar surface area (TPSA) is 177 Å². The number of ketones is 3. The smallest absolute Gasteiger partial charge is 0.379 e. The van der Waals surface area contributed by atoms with E-state index in [2.05, 4.69) is 10.1 Å². The van der Waals surface area contributed by atoms with Crippen LogP contribution in [0.5, 0.6) is 0 Å². The molecular weight excluding hydrogens is 756 g/mol. The van der Waals surface area contributed by atoms with Crippen LogP contribution in [0.4, 0.5) is 10.1 Å². The number of carbonyl (C=O) groups excluding carboxylic acids is 5. The third kappa shape index (κ3) is 9.17. The lowest BCUT2D eigenvalue weighted by atomic mass is 9.80. The van der Waals surface area contributed by atoms with Crippen molar-refractivity contribution in [2.45, 2.75) is 77.7 Å². The standard InChI is InChI=1S/C43H45FN2O10S/c1-4-35(48)39-33-20-32(27-11-12-27)34(21-38(33)56-40(39)28-13-15-30(44)16-14-28)46(57(3,53)54)25-31(47)23-43(17-6-7-18-43)42(52)45-24-26-9-8-10-29(19-26)36(49)22-37(50)41(51)55-5-2/h8-10,13-16,19-22,27,49H,4-7,11-12,17-18,23-25H2,1-3H3,(H,45,52). The highest BCUT2D eigenvalue weighted by Crippen LogP contribution is 2.48. The van der Waals surface area contributed by atoms with E-state index in [-0.39, 0.29) is 66.2 Å². The molecule has 2 N–H and O–H groups in total. The number of ether oxygens (including phenoxy) is 1. The minimum absolute atomic E-state index is 0.00147. The number of hydrogen-bond donors (Lipinski definition) is 2. The zero-order chi connectivity index (χ0) is 41.1. The Labute approximate surface area is 330 Å². The molecule has 2 saturated carbocycles. The number of hydrogen-bond acceptors (Lipinski definition) is 10. The van der Waals surface area contributed by atoms with Gasteiger partial charge in [0.2, 0.25) is 15.9 Å². The lowest BCUT2D eigenvalue weighted by Gasteiger charge is -2.29. The predicted octanol–water partition coefficient (Wildman–Crippen LogP) is 7.34. The van der Waals surface area contributed by atoms with Crippen LogP contribution in [0.25, 0.3) is 28.1 Å². The zero-order valence-electron chi connectivity index (χ0n) is 32.1. The zero-order valence-corrected chi connectivity index (χ0v) is 32.9. The van der Waals surface area contributed by atoms with E-state index in [9.17, 15) is 41.9 Å². The Morgan fingerprint density at radius 3 is 2.35 bits per heavy atom. The molecule has 2 aliphatic rings. The fourth-order valence-electron chi connectivity index (χ4n) is 7.53. The van der Waals surface area contributed by atoms with Crippen LogP contribution in [0.2, 0.25) is 0 Å². The summed E-state index contributed by atoms with van der Waals surface area (Å²) in [6, 6.07) is 15.3. The van der Waals surface area contributed by atoms with Crippen LogP contribution in [0.1, 0.15) is 98.2 Å². The fraction of sp³-hybridized carbons (Fsp3) is 0.372. The van der Waals surface area contributed by atoms with Gasteiger partial charge in [-0.1, -0.05) is 38.0 Å². The molecular formula is C43H45FN2O10S. The highest BCUT2D eigenvalue weighted by Gasteiger charge is 2.43. The molecule has 2 aliphatic carbocycles. The average molecular weight is 801 g/mol. The molecule has 12 nitrogen and oxygen atoms in total. The van der Waals surface area contributed by atoms with Crippen LogP contribution in [0, 0.1) is 11.2 Å². The maximum Gasteiger partial charge on any atom is 0.379 e. The number of Topliss-reactive ketones (excluding diaryl/α,β-unsaturated/α-hetero) is 2. The lowest BCUT2D eigenvalue weighted by molar-refractivity contribution is -0.151. The fourth-order valence-corrected chi connectivity index (χ4v) is 8.43. The number of anilines is 1. The molecule has 0 atom stereocenters. The third-order valence-corrected chi connectivity index (χ3v) is 11.7. The summed E-state index contributed by atoms with van der Waals surface area (Å²) in [5.74, 6) is -3.78. The average Bonchev–Trinajstić information content (AvgIpc) is 3.80. The summed E-state index contributed by atoms with van der Waals surface area (Å²) >= 11 is 0. The number of rotatable bonds is 17. The second-order valence-corrected chi connectivity index (χ2v) is 16.6. The van der Waals surface area contributed by atoms with E-state index in [0.717, 1.165) is 29.5 Å². The van der Waals surface area contributed by atoms with Crippen molar-refractivity contribution in [1.29, 1.82) is 0 Å². The van der Waals surface area contributed by atoms with E-state index in [1.165, 1.54) is 30.3 Å². The Morgan fingerprint density at radius 2 is 1.72 bits per heavy atom. The molecule has 1 amide bonds. The van der Waals surface area contributed by atoms with Crippen molar-refractivity contribution >= 4 is 61.7 Å². The molecule has 4 aromatic rings. The summed E-state index contributed by atoms with van der Waals surface area (Å²) in [6.45, 7) is 2.80. The molecule has 0 radical (unpaired) electrons. The molecule has 57 heavy (non-hydrogen) atoms. The number of esters is 1. The molecule has 300 valence electrons. The largest absolute Gasteiger partial charge is 0.507 e. The Hall–Kier alpha value is -5.63. The number of carbonyl (C=O) groups is 5. The Kier molecular flexibility index (Phi) is 12.1. The maximum atomic E-state index is 14.0. The van der Waals surface area contributed by atoms with E-state index in [1.807, 2.05) is 0 Å². The van der Waals surface area contributed by atoms with Gasteiger partial charge in [-0.25, -0.2) is 17.6 Å². The first-order chi connectivity index (χ1) is 27.1. The number of amides is 1. The summed E-state index contributed by atoms with van der Waals surface area (Å²) in [5, 5.41) is 13.9. The normalized spacial score (nSPS) is 15.3. The summed E-state index contributed by atoms with van der Waals surface area (Å²) < 4.78 is 52.8. The van der Waals surface area contributed by atoms with Crippen molar-refractivity contribution in [3.8, 4) is 11.3 Å². The highest BCUT2D eigenvalue weighted by molar-refractivity contribution is 7.92. The summed E-state index contributed by atoms with van der Waals surface area (Å²) in [5.41, 5.74) is 1.74. The first-order valence-electron chi connectivity index (χ1n) is 19.0. The van der Waals surface area contributed by atoms with Crippen LogP contribution in [-0.2, 0) is 40.5 Å². The van der Waals surface area contributed by atoms with E-state index in [1.54, 1.807) is 44.2 Å². The van der Waals surface area contributed by atoms with Crippen LogP contribution >= 0.6 is 0 Å². The maximum absolute atomic E-state index is 14.0. The number of halogens is 1. The third-order valence-electron chi connectivity index (χ3n) is 10.5. The quantitative estimate of drug-likeness (QED) is 0.0361. The van der Waals surface area contributed by atoms with Gasteiger partial charge in [-0.15, -0.1) is 0 Å². The Morgan fingerprint density at radius 1 is 1.02 bits per heavy atom. The summed E-state index contributed by atoms with van der Waals surface area (Å²) in [6.07, 6.45) is 5.60. The van der Waals surface area contributed by atoms with Crippen molar-refractivity contribution < 1.29 is 51.0 Å². The highest BCUT2D eigenvalue weighted by atomic mass is 32.2. The van der Waals surface area contributed by atoms with Gasteiger partial charge in [0, 0.05) is 48.0 Å². The number of nitrogens with one attached hydrogen (secondary N) is 1. The minimum Gasteiger partial charge on any atom is -0.507 e. The van der Waals surface area contributed by atoms with Crippen molar-refractivity contribution in [1.82, 2.24) is 5.32 Å². The van der Waals surface area contributed by atoms with Crippen LogP contribution in [-0.4, -0.2) is 62.2 Å². The number of fused-ring (bicyclic) bond motifs is 1. The van der Waals surface area contributed by atoms with E-state index >= 15 is 0 Å². The van der Waals surface area contributed by atoms with Crippen LogP contribution < -0.4 is 9.62 Å². The molecule has 14 heteroatoms. The minimum atomic E-state index is -4.05. The summed E-state index contributed by atoms with van der Waals surface area (Å²) in [4.78, 5) is 64.9. The molecule has 0 spiro atoms. The summed E-state index contributed by atoms with van der Waals surface area (Å²) in [7, 11) is -4.05. The van der Waals surface area contributed by atoms with E-state index in [4.69, 9.17) is 4.42 Å². The Bertz CT molecular complexity index is 2370. The van der Waals surface area contributed by atoms with Gasteiger partial charge in [-0.2, -0.15) is 0 Å². The molecule has 1 aromatic heterocycles. The first kappa shape index (κ1) is 41.0.